The number of nitrogens with one attached hydrogen (secondary N) is 1. The Bertz CT molecular complexity index is 714. The van der Waals surface area contributed by atoms with Crippen LogP contribution in [0.15, 0.2) is 30.3 Å². The maximum Gasteiger partial charge on any atom is 0.272 e. The monoisotopic (exact) mass is 310 g/mol. The number of aryl methyl sites for hydroxylation is 1. The summed E-state index contributed by atoms with van der Waals surface area (Å²) >= 11 is 0. The van der Waals surface area contributed by atoms with Crippen molar-refractivity contribution in [1.82, 2.24) is 14.9 Å². The number of benzene rings is 1. The van der Waals surface area contributed by atoms with E-state index in [1.54, 1.807) is 6.07 Å². The van der Waals surface area contributed by atoms with Gasteiger partial charge in [0.1, 0.15) is 17.3 Å². The highest BCUT2D eigenvalue weighted by atomic mass is 16.2. The van der Waals surface area contributed by atoms with E-state index < -0.39 is 0 Å². The lowest BCUT2D eigenvalue weighted by Gasteiger charge is -2.28. The molecule has 0 atom stereocenters. The fourth-order valence-electron chi connectivity index (χ4n) is 2.85. The first-order valence-electron chi connectivity index (χ1n) is 8.13. The first-order valence-corrected chi connectivity index (χ1v) is 8.13. The minimum atomic E-state index is -0.0236. The zero-order chi connectivity index (χ0) is 16.2. The molecular weight excluding hydrogens is 288 g/mol. The van der Waals surface area contributed by atoms with Gasteiger partial charge in [-0.3, -0.25) is 4.79 Å². The smallest absolute Gasteiger partial charge is 0.272 e. The predicted molar refractivity (Wildman–Crippen MR) is 90.4 cm³/mol. The van der Waals surface area contributed by atoms with Gasteiger partial charge in [0.25, 0.3) is 5.91 Å². The first kappa shape index (κ1) is 15.5. The summed E-state index contributed by atoms with van der Waals surface area (Å²) in [5, 5.41) is 3.23. The Morgan fingerprint density at radius 3 is 2.83 bits per heavy atom. The van der Waals surface area contributed by atoms with E-state index in [4.69, 9.17) is 0 Å². The van der Waals surface area contributed by atoms with Crippen LogP contribution in [0.4, 0.5) is 5.82 Å². The highest BCUT2D eigenvalue weighted by molar-refractivity contribution is 5.93. The second-order valence-corrected chi connectivity index (χ2v) is 5.86. The highest BCUT2D eigenvalue weighted by Gasteiger charge is 2.23. The average molecular weight is 310 g/mol. The van der Waals surface area contributed by atoms with Gasteiger partial charge in [-0.1, -0.05) is 31.2 Å². The summed E-state index contributed by atoms with van der Waals surface area (Å²) in [5.41, 5.74) is 3.03. The fraction of sp³-hybridized carbons (Fsp3) is 0.389. The Morgan fingerprint density at radius 2 is 2.04 bits per heavy atom. The van der Waals surface area contributed by atoms with Crippen molar-refractivity contribution in [3.63, 3.8) is 0 Å². The minimum Gasteiger partial charge on any atom is -0.370 e. The van der Waals surface area contributed by atoms with Crippen molar-refractivity contribution in [2.45, 2.75) is 33.2 Å². The molecule has 0 saturated heterocycles. The largest absolute Gasteiger partial charge is 0.370 e. The molecule has 5 heteroatoms. The Hall–Kier alpha value is -2.43. The van der Waals surface area contributed by atoms with E-state index in [0.717, 1.165) is 31.7 Å². The number of carbonyl (C=O) groups excluding carboxylic acids is 1. The van der Waals surface area contributed by atoms with Gasteiger partial charge < -0.3 is 10.2 Å². The van der Waals surface area contributed by atoms with Gasteiger partial charge in [-0.05, 0) is 30.9 Å². The van der Waals surface area contributed by atoms with Crippen LogP contribution < -0.4 is 5.32 Å². The number of aromatic nitrogens is 2. The third-order valence-electron chi connectivity index (χ3n) is 4.03. The van der Waals surface area contributed by atoms with Crippen molar-refractivity contribution >= 4 is 11.7 Å². The molecular formula is C18H22N4O. The van der Waals surface area contributed by atoms with Crippen LogP contribution in [-0.4, -0.2) is 33.9 Å². The average Bonchev–Trinajstić information content (AvgIpc) is 2.58. The third kappa shape index (κ3) is 3.50. The lowest BCUT2D eigenvalue weighted by molar-refractivity contribution is 0.0728. The number of carbonyl (C=O) groups is 1. The van der Waals surface area contributed by atoms with Crippen LogP contribution in [-0.2, 0) is 13.0 Å². The molecule has 0 fully saturated rings. The number of nitrogens with zero attached hydrogens (tertiary/aromatic N) is 3. The zero-order valence-electron chi connectivity index (χ0n) is 13.7. The second kappa shape index (κ2) is 6.77. The molecule has 0 aliphatic carbocycles. The van der Waals surface area contributed by atoms with Crippen molar-refractivity contribution in [3.8, 4) is 0 Å². The second-order valence-electron chi connectivity index (χ2n) is 5.86. The zero-order valence-corrected chi connectivity index (χ0v) is 13.7. The molecule has 0 saturated carbocycles. The van der Waals surface area contributed by atoms with Gasteiger partial charge >= 0.3 is 0 Å². The topological polar surface area (TPSA) is 58.1 Å². The van der Waals surface area contributed by atoms with E-state index in [2.05, 4.69) is 40.4 Å². The van der Waals surface area contributed by atoms with Crippen molar-refractivity contribution in [3.05, 3.63) is 53.0 Å². The molecule has 0 spiro atoms. The Labute approximate surface area is 136 Å². The molecule has 3 rings (SSSR count). The lowest BCUT2D eigenvalue weighted by atomic mass is 10.00. The molecule has 5 nitrogen and oxygen atoms in total. The third-order valence-corrected chi connectivity index (χ3v) is 4.03. The van der Waals surface area contributed by atoms with Gasteiger partial charge in [-0.15, -0.1) is 0 Å². The van der Waals surface area contributed by atoms with Gasteiger partial charge in [0.2, 0.25) is 0 Å². The summed E-state index contributed by atoms with van der Waals surface area (Å²) < 4.78 is 0. The van der Waals surface area contributed by atoms with Crippen LogP contribution in [0.1, 0.15) is 40.8 Å². The van der Waals surface area contributed by atoms with Gasteiger partial charge in [-0.25, -0.2) is 9.97 Å². The maximum absolute atomic E-state index is 12.8. The summed E-state index contributed by atoms with van der Waals surface area (Å²) in [5.74, 6) is 1.32. The molecule has 1 aliphatic rings. The van der Waals surface area contributed by atoms with Crippen LogP contribution in [0, 0.1) is 6.92 Å². The maximum atomic E-state index is 12.8. The number of anilines is 1. The summed E-state index contributed by atoms with van der Waals surface area (Å²) in [6.07, 6.45) is 1.90. The normalized spacial score (nSPS) is 13.6. The van der Waals surface area contributed by atoms with E-state index in [9.17, 15) is 4.79 Å². The molecule has 0 bridgehead atoms. The van der Waals surface area contributed by atoms with Crippen LogP contribution in [0.2, 0.25) is 0 Å². The molecule has 1 amide bonds. The minimum absolute atomic E-state index is 0.0236. The number of fused-ring (bicyclic) bond motifs is 1. The van der Waals surface area contributed by atoms with Crippen molar-refractivity contribution in [1.29, 1.82) is 0 Å². The van der Waals surface area contributed by atoms with Gasteiger partial charge in [-0.2, -0.15) is 0 Å². The number of hydrogen-bond donors (Lipinski definition) is 1. The summed E-state index contributed by atoms with van der Waals surface area (Å²) in [6.45, 7) is 6.13. The van der Waals surface area contributed by atoms with Crippen LogP contribution in [0.3, 0.4) is 0 Å². The van der Waals surface area contributed by atoms with Crippen molar-refractivity contribution in [2.75, 3.05) is 18.4 Å². The molecule has 0 radical (unpaired) electrons. The summed E-state index contributed by atoms with van der Waals surface area (Å²) in [7, 11) is 0. The van der Waals surface area contributed by atoms with Crippen LogP contribution >= 0.6 is 0 Å². The molecule has 1 N–H and O–H groups in total. The molecule has 0 unspecified atom stereocenters. The molecule has 2 heterocycles. The van der Waals surface area contributed by atoms with Gasteiger partial charge in [0, 0.05) is 25.7 Å². The number of amides is 1. The van der Waals surface area contributed by atoms with Crippen LogP contribution in [0.5, 0.6) is 0 Å². The van der Waals surface area contributed by atoms with Gasteiger partial charge in [0.05, 0.1) is 0 Å². The molecule has 23 heavy (non-hydrogen) atoms. The van der Waals surface area contributed by atoms with E-state index >= 15 is 0 Å². The standard InChI is InChI=1S/C18H22N4O/c1-3-9-19-17-11-16(20-13(2)21-17)18(23)22-10-8-14-6-4-5-7-15(14)12-22/h4-7,11H,3,8-10,12H2,1-2H3,(H,19,20,21). The number of hydrogen-bond acceptors (Lipinski definition) is 4. The summed E-state index contributed by atoms with van der Waals surface area (Å²) in [6, 6.07) is 10.1. The van der Waals surface area contributed by atoms with E-state index in [-0.39, 0.29) is 5.91 Å². The predicted octanol–water partition coefficient (Wildman–Crippen LogP) is 2.81. The quantitative estimate of drug-likeness (QED) is 0.943. The SMILES string of the molecule is CCCNc1cc(C(=O)N2CCc3ccccc3C2)nc(C)n1. The Balaban J connectivity index is 1.79. The lowest BCUT2D eigenvalue weighted by Crippen LogP contribution is -2.36. The molecule has 1 aromatic carbocycles. The molecule has 1 aliphatic heterocycles. The Morgan fingerprint density at radius 1 is 1.26 bits per heavy atom. The first-order chi connectivity index (χ1) is 11.2. The molecule has 2 aromatic rings. The Kier molecular flexibility index (Phi) is 4.55. The van der Waals surface area contributed by atoms with Crippen molar-refractivity contribution in [2.24, 2.45) is 0 Å². The van der Waals surface area contributed by atoms with E-state index in [1.807, 2.05) is 17.9 Å². The van der Waals surface area contributed by atoms with Crippen molar-refractivity contribution < 1.29 is 4.79 Å². The number of rotatable bonds is 4. The molecule has 1 aromatic heterocycles. The van der Waals surface area contributed by atoms with E-state index in [1.165, 1.54) is 11.1 Å². The van der Waals surface area contributed by atoms with Crippen LogP contribution in [0.25, 0.3) is 0 Å². The fourth-order valence-corrected chi connectivity index (χ4v) is 2.85. The highest BCUT2D eigenvalue weighted by Crippen LogP contribution is 2.20. The van der Waals surface area contributed by atoms with Gasteiger partial charge in [0.15, 0.2) is 0 Å². The summed E-state index contributed by atoms with van der Waals surface area (Å²) in [4.78, 5) is 23.3. The molecule has 120 valence electrons. The van der Waals surface area contributed by atoms with E-state index in [0.29, 0.717) is 18.1 Å².